The minimum atomic E-state index is 0.686. The molecule has 3 aromatic rings. The molecular formula is C15H18N4OS. The van der Waals surface area contributed by atoms with E-state index < -0.39 is 0 Å². The van der Waals surface area contributed by atoms with Crippen LogP contribution in [0.5, 0.6) is 5.88 Å². The van der Waals surface area contributed by atoms with Gasteiger partial charge < -0.3 is 10.1 Å². The zero-order chi connectivity index (χ0) is 14.7. The van der Waals surface area contributed by atoms with Gasteiger partial charge in [-0.1, -0.05) is 13.0 Å². The summed E-state index contributed by atoms with van der Waals surface area (Å²) in [5, 5.41) is 5.46. The average molecular weight is 302 g/mol. The van der Waals surface area contributed by atoms with E-state index in [0.717, 1.165) is 29.3 Å². The van der Waals surface area contributed by atoms with Crippen LogP contribution in [0.2, 0.25) is 0 Å². The Morgan fingerprint density at radius 1 is 1.38 bits per heavy atom. The Labute approximate surface area is 127 Å². The number of thiazole rings is 1. The summed E-state index contributed by atoms with van der Waals surface area (Å²) >= 11 is 1.61. The maximum absolute atomic E-state index is 5.36. The molecule has 0 saturated carbocycles. The quantitative estimate of drug-likeness (QED) is 0.760. The van der Waals surface area contributed by atoms with Crippen molar-refractivity contribution in [2.24, 2.45) is 0 Å². The molecule has 0 aliphatic rings. The predicted octanol–water partition coefficient (Wildman–Crippen LogP) is 2.65. The lowest BCUT2D eigenvalue weighted by Gasteiger charge is -2.08. The van der Waals surface area contributed by atoms with E-state index in [1.807, 2.05) is 23.8 Å². The Hall–Kier alpha value is -1.92. The van der Waals surface area contributed by atoms with Gasteiger partial charge >= 0.3 is 0 Å². The molecule has 5 nitrogen and oxygen atoms in total. The molecule has 6 heteroatoms. The van der Waals surface area contributed by atoms with Crippen LogP contribution in [-0.4, -0.2) is 21.5 Å². The smallest absolute Gasteiger partial charge is 0.237 e. The molecule has 1 N–H and O–H groups in total. The van der Waals surface area contributed by atoms with Gasteiger partial charge in [-0.2, -0.15) is 4.98 Å². The number of nitrogens with one attached hydrogen (secondary N) is 1. The van der Waals surface area contributed by atoms with Crippen molar-refractivity contribution in [3.63, 3.8) is 0 Å². The maximum Gasteiger partial charge on any atom is 0.237 e. The van der Waals surface area contributed by atoms with E-state index in [1.165, 1.54) is 5.56 Å². The first-order valence-electron chi connectivity index (χ1n) is 6.95. The Morgan fingerprint density at radius 3 is 3.10 bits per heavy atom. The zero-order valence-electron chi connectivity index (χ0n) is 12.2. The summed E-state index contributed by atoms with van der Waals surface area (Å²) in [5.41, 5.74) is 3.43. The van der Waals surface area contributed by atoms with E-state index in [0.29, 0.717) is 12.4 Å². The maximum atomic E-state index is 5.36. The monoisotopic (exact) mass is 302 g/mol. The standard InChI is InChI=1S/C15H18N4OS/c1-3-11-5-4-6-17-12(11)9-16-10-13-14(20-2)18-15-19(13)7-8-21-15/h4-8,16H,3,9-10H2,1-2H3. The third kappa shape index (κ3) is 2.77. The van der Waals surface area contributed by atoms with E-state index in [4.69, 9.17) is 4.74 Å². The van der Waals surface area contributed by atoms with Crippen molar-refractivity contribution in [1.29, 1.82) is 0 Å². The number of hydrogen-bond acceptors (Lipinski definition) is 5. The van der Waals surface area contributed by atoms with Crippen molar-refractivity contribution in [3.8, 4) is 5.88 Å². The number of ether oxygens (including phenoxy) is 1. The zero-order valence-corrected chi connectivity index (χ0v) is 13.0. The second kappa shape index (κ2) is 6.24. The molecule has 0 aliphatic heterocycles. The molecule has 110 valence electrons. The molecule has 0 saturated heterocycles. The van der Waals surface area contributed by atoms with Crippen LogP contribution in [0.25, 0.3) is 4.96 Å². The van der Waals surface area contributed by atoms with Crippen molar-refractivity contribution >= 4 is 16.3 Å². The first-order valence-corrected chi connectivity index (χ1v) is 7.83. The van der Waals surface area contributed by atoms with Gasteiger partial charge in [0.15, 0.2) is 4.96 Å². The SMILES string of the molecule is CCc1cccnc1CNCc1c(OC)nc2sccn12. The van der Waals surface area contributed by atoms with E-state index in [2.05, 4.69) is 32.7 Å². The number of aromatic nitrogens is 3. The van der Waals surface area contributed by atoms with Crippen LogP contribution in [0.4, 0.5) is 0 Å². The molecule has 3 heterocycles. The lowest BCUT2D eigenvalue weighted by Crippen LogP contribution is -2.16. The fourth-order valence-corrected chi connectivity index (χ4v) is 3.11. The van der Waals surface area contributed by atoms with Gasteiger partial charge in [-0.3, -0.25) is 9.38 Å². The van der Waals surface area contributed by atoms with Gasteiger partial charge in [-0.05, 0) is 18.1 Å². The number of aryl methyl sites for hydroxylation is 1. The first-order chi connectivity index (χ1) is 10.3. The summed E-state index contributed by atoms with van der Waals surface area (Å²) in [5.74, 6) is 0.686. The molecule has 0 fully saturated rings. The highest BCUT2D eigenvalue weighted by atomic mass is 32.1. The number of pyridine rings is 1. The summed E-state index contributed by atoms with van der Waals surface area (Å²) in [4.78, 5) is 9.86. The average Bonchev–Trinajstić information content (AvgIpc) is 3.09. The number of rotatable bonds is 6. The molecule has 0 aliphatic carbocycles. The highest BCUT2D eigenvalue weighted by molar-refractivity contribution is 7.15. The van der Waals surface area contributed by atoms with Crippen molar-refractivity contribution in [1.82, 2.24) is 19.7 Å². The summed E-state index contributed by atoms with van der Waals surface area (Å²) < 4.78 is 7.42. The molecular weight excluding hydrogens is 284 g/mol. The molecule has 0 atom stereocenters. The Balaban J connectivity index is 1.73. The van der Waals surface area contributed by atoms with Crippen molar-refractivity contribution in [2.75, 3.05) is 7.11 Å². The minimum Gasteiger partial charge on any atom is -0.480 e. The third-order valence-electron chi connectivity index (χ3n) is 3.47. The van der Waals surface area contributed by atoms with Gasteiger partial charge in [0.1, 0.15) is 5.69 Å². The molecule has 3 aromatic heterocycles. The van der Waals surface area contributed by atoms with Crippen molar-refractivity contribution in [3.05, 3.63) is 46.9 Å². The van der Waals surface area contributed by atoms with E-state index in [9.17, 15) is 0 Å². The summed E-state index contributed by atoms with van der Waals surface area (Å²) in [6.45, 7) is 3.58. The molecule has 0 spiro atoms. The number of methoxy groups -OCH3 is 1. The normalized spacial score (nSPS) is 11.1. The Kier molecular flexibility index (Phi) is 4.17. The molecule has 3 rings (SSSR count). The number of imidazole rings is 1. The molecule has 0 aromatic carbocycles. The van der Waals surface area contributed by atoms with Gasteiger partial charge in [-0.15, -0.1) is 11.3 Å². The van der Waals surface area contributed by atoms with E-state index >= 15 is 0 Å². The summed E-state index contributed by atoms with van der Waals surface area (Å²) in [6.07, 6.45) is 4.85. The summed E-state index contributed by atoms with van der Waals surface area (Å²) in [7, 11) is 1.66. The third-order valence-corrected chi connectivity index (χ3v) is 4.22. The first kappa shape index (κ1) is 14.0. The fourth-order valence-electron chi connectivity index (χ4n) is 2.39. The van der Waals surface area contributed by atoms with E-state index in [1.54, 1.807) is 18.4 Å². The largest absolute Gasteiger partial charge is 0.480 e. The van der Waals surface area contributed by atoms with Crippen LogP contribution in [0.15, 0.2) is 29.9 Å². The van der Waals surface area contributed by atoms with Gasteiger partial charge in [0, 0.05) is 30.9 Å². The second-order valence-electron chi connectivity index (χ2n) is 4.69. The topological polar surface area (TPSA) is 51.5 Å². The van der Waals surface area contributed by atoms with Crippen LogP contribution in [-0.2, 0) is 19.5 Å². The fraction of sp³-hybridized carbons (Fsp3) is 0.333. The number of hydrogen-bond donors (Lipinski definition) is 1. The highest BCUT2D eigenvalue weighted by Crippen LogP contribution is 2.22. The molecule has 0 bridgehead atoms. The van der Waals surface area contributed by atoms with Gasteiger partial charge in [0.2, 0.25) is 5.88 Å². The van der Waals surface area contributed by atoms with Gasteiger partial charge in [-0.25, -0.2) is 0 Å². The predicted molar refractivity (Wildman–Crippen MR) is 83.8 cm³/mol. The lowest BCUT2D eigenvalue weighted by molar-refractivity contribution is 0.392. The minimum absolute atomic E-state index is 0.686. The highest BCUT2D eigenvalue weighted by Gasteiger charge is 2.13. The van der Waals surface area contributed by atoms with E-state index in [-0.39, 0.29) is 0 Å². The van der Waals surface area contributed by atoms with Crippen LogP contribution >= 0.6 is 11.3 Å². The molecule has 0 radical (unpaired) electrons. The van der Waals surface area contributed by atoms with Crippen LogP contribution in [0.1, 0.15) is 23.9 Å². The van der Waals surface area contributed by atoms with Crippen LogP contribution < -0.4 is 10.1 Å². The van der Waals surface area contributed by atoms with Crippen molar-refractivity contribution < 1.29 is 4.74 Å². The Morgan fingerprint density at radius 2 is 2.29 bits per heavy atom. The molecule has 0 unspecified atom stereocenters. The second-order valence-corrected chi connectivity index (χ2v) is 5.56. The van der Waals surface area contributed by atoms with Crippen LogP contribution in [0, 0.1) is 0 Å². The number of nitrogens with zero attached hydrogens (tertiary/aromatic N) is 3. The van der Waals surface area contributed by atoms with Gasteiger partial charge in [0.25, 0.3) is 0 Å². The number of fused-ring (bicyclic) bond motifs is 1. The summed E-state index contributed by atoms with van der Waals surface area (Å²) in [6, 6.07) is 4.11. The van der Waals surface area contributed by atoms with Crippen molar-refractivity contribution in [2.45, 2.75) is 26.4 Å². The molecule has 0 amide bonds. The Bertz CT molecular complexity index is 734. The van der Waals surface area contributed by atoms with Gasteiger partial charge in [0.05, 0.1) is 12.8 Å². The lowest BCUT2D eigenvalue weighted by atomic mass is 10.1. The van der Waals surface area contributed by atoms with Crippen LogP contribution in [0.3, 0.4) is 0 Å². The molecule has 21 heavy (non-hydrogen) atoms.